The van der Waals surface area contributed by atoms with E-state index >= 15 is 0 Å². The maximum Gasteiger partial charge on any atom is 0.284 e. The van der Waals surface area contributed by atoms with Gasteiger partial charge in [0.1, 0.15) is 12.3 Å². The summed E-state index contributed by atoms with van der Waals surface area (Å²) in [6, 6.07) is 13.5. The highest BCUT2D eigenvalue weighted by molar-refractivity contribution is 5.89. The number of hydrogen-bond acceptors (Lipinski definition) is 3. The first-order valence-corrected chi connectivity index (χ1v) is 7.58. The number of furan rings is 1. The van der Waals surface area contributed by atoms with E-state index in [1.807, 2.05) is 25.1 Å². The quantitative estimate of drug-likeness (QED) is 0.563. The summed E-state index contributed by atoms with van der Waals surface area (Å²) in [6.07, 6.45) is 0. The molecule has 1 aromatic heterocycles. The van der Waals surface area contributed by atoms with E-state index in [2.05, 4.69) is 34.7 Å². The third-order valence-corrected chi connectivity index (χ3v) is 3.29. The number of rotatable bonds is 6. The van der Waals surface area contributed by atoms with Gasteiger partial charge in [-0.25, -0.2) is 4.99 Å². The van der Waals surface area contributed by atoms with Gasteiger partial charge in [-0.05, 0) is 31.5 Å². The van der Waals surface area contributed by atoms with Crippen molar-refractivity contribution < 1.29 is 9.21 Å². The lowest BCUT2D eigenvalue weighted by Crippen LogP contribution is -2.38. The zero-order valence-corrected chi connectivity index (χ0v) is 13.4. The van der Waals surface area contributed by atoms with Crippen LogP contribution in [0, 0.1) is 0 Å². The van der Waals surface area contributed by atoms with Gasteiger partial charge in [0.15, 0.2) is 11.7 Å². The lowest BCUT2D eigenvalue weighted by molar-refractivity contribution is 0.0972. The van der Waals surface area contributed by atoms with E-state index in [4.69, 9.17) is 10.2 Å². The Bertz CT molecular complexity index is 664. The number of nitrogens with zero attached hydrogens (tertiary/aromatic N) is 1. The molecule has 0 aliphatic heterocycles. The Balaban J connectivity index is 2.03. The summed E-state index contributed by atoms with van der Waals surface area (Å²) in [5, 5.41) is 6.53. The van der Waals surface area contributed by atoms with Crippen LogP contribution in [-0.4, -0.2) is 18.4 Å². The molecule has 0 saturated heterocycles. The van der Waals surface area contributed by atoms with Crippen LogP contribution < -0.4 is 16.4 Å². The van der Waals surface area contributed by atoms with E-state index in [-0.39, 0.29) is 11.8 Å². The topological polar surface area (TPSA) is 92.6 Å². The van der Waals surface area contributed by atoms with Crippen LogP contribution in [0.1, 0.15) is 41.8 Å². The van der Waals surface area contributed by atoms with Gasteiger partial charge in [0.05, 0.1) is 6.04 Å². The van der Waals surface area contributed by atoms with Gasteiger partial charge < -0.3 is 20.8 Å². The lowest BCUT2D eigenvalue weighted by atomic mass is 10.1. The zero-order valence-electron chi connectivity index (χ0n) is 13.4. The Morgan fingerprint density at radius 1 is 1.26 bits per heavy atom. The Labute approximate surface area is 135 Å². The Kier molecular flexibility index (Phi) is 5.80. The smallest absolute Gasteiger partial charge is 0.284 e. The van der Waals surface area contributed by atoms with Crippen molar-refractivity contribution in [1.82, 2.24) is 10.6 Å². The highest BCUT2D eigenvalue weighted by Gasteiger charge is 2.09. The molecular formula is C17H22N4O2. The van der Waals surface area contributed by atoms with Crippen molar-refractivity contribution in [2.75, 3.05) is 6.54 Å². The van der Waals surface area contributed by atoms with E-state index in [0.717, 1.165) is 6.54 Å². The van der Waals surface area contributed by atoms with Crippen molar-refractivity contribution in [2.45, 2.75) is 26.4 Å². The van der Waals surface area contributed by atoms with Crippen LogP contribution in [0.4, 0.5) is 0 Å². The van der Waals surface area contributed by atoms with Gasteiger partial charge in [-0.2, -0.15) is 0 Å². The molecule has 0 spiro atoms. The molecule has 2 aromatic rings. The molecule has 0 radical (unpaired) electrons. The predicted molar refractivity (Wildman–Crippen MR) is 90.0 cm³/mol. The van der Waals surface area contributed by atoms with Crippen LogP contribution in [-0.2, 0) is 6.54 Å². The number of guanidine groups is 1. The first kappa shape index (κ1) is 16.6. The van der Waals surface area contributed by atoms with E-state index in [9.17, 15) is 4.79 Å². The monoisotopic (exact) mass is 314 g/mol. The summed E-state index contributed by atoms with van der Waals surface area (Å²) in [5.74, 6) is 0.831. The molecule has 1 unspecified atom stereocenters. The van der Waals surface area contributed by atoms with Gasteiger partial charge in [-0.3, -0.25) is 4.79 Å². The van der Waals surface area contributed by atoms with Crippen molar-refractivity contribution in [3.05, 3.63) is 59.5 Å². The normalized spacial score (nSPS) is 12.7. The molecule has 0 aliphatic rings. The molecule has 1 atom stereocenters. The van der Waals surface area contributed by atoms with E-state index in [0.29, 0.717) is 18.3 Å². The predicted octanol–water partition coefficient (Wildman–Crippen LogP) is 2.19. The highest BCUT2D eigenvalue weighted by atomic mass is 16.3. The van der Waals surface area contributed by atoms with Crippen LogP contribution in [0.25, 0.3) is 0 Å². The first-order valence-electron chi connectivity index (χ1n) is 7.58. The van der Waals surface area contributed by atoms with Gasteiger partial charge in [0.25, 0.3) is 5.91 Å². The molecule has 4 N–H and O–H groups in total. The van der Waals surface area contributed by atoms with Crippen LogP contribution in [0.15, 0.2) is 51.9 Å². The summed E-state index contributed by atoms with van der Waals surface area (Å²) in [4.78, 5) is 15.5. The SMILES string of the molecule is CCNC(=NCc1ccc(C(N)=O)o1)NC(C)c1ccccc1. The molecule has 6 heteroatoms. The Morgan fingerprint density at radius 2 is 2.00 bits per heavy atom. The minimum atomic E-state index is -0.581. The van der Waals surface area contributed by atoms with Gasteiger partial charge in [0.2, 0.25) is 0 Å². The fourth-order valence-electron chi connectivity index (χ4n) is 2.10. The number of benzene rings is 1. The van der Waals surface area contributed by atoms with E-state index < -0.39 is 5.91 Å². The third kappa shape index (κ3) is 4.88. The summed E-state index contributed by atoms with van der Waals surface area (Å²) in [5.41, 5.74) is 6.34. The summed E-state index contributed by atoms with van der Waals surface area (Å²) < 4.78 is 5.33. The number of hydrogen-bond donors (Lipinski definition) is 3. The molecule has 1 amide bonds. The van der Waals surface area contributed by atoms with Crippen molar-refractivity contribution in [3.63, 3.8) is 0 Å². The molecule has 0 fully saturated rings. The average molecular weight is 314 g/mol. The fourth-order valence-corrected chi connectivity index (χ4v) is 2.10. The molecule has 2 rings (SSSR count). The minimum absolute atomic E-state index is 0.117. The van der Waals surface area contributed by atoms with E-state index in [1.54, 1.807) is 12.1 Å². The molecule has 122 valence electrons. The molecule has 6 nitrogen and oxygen atoms in total. The van der Waals surface area contributed by atoms with Crippen LogP contribution >= 0.6 is 0 Å². The number of primary amides is 1. The summed E-state index contributed by atoms with van der Waals surface area (Å²) in [6.45, 7) is 5.14. The van der Waals surface area contributed by atoms with Crippen LogP contribution in [0.3, 0.4) is 0 Å². The van der Waals surface area contributed by atoms with Crippen LogP contribution in [0.5, 0.6) is 0 Å². The molecule has 23 heavy (non-hydrogen) atoms. The number of nitrogens with two attached hydrogens (primary N) is 1. The summed E-state index contributed by atoms with van der Waals surface area (Å²) in [7, 11) is 0. The number of aliphatic imine (C=N–C) groups is 1. The molecule has 1 heterocycles. The largest absolute Gasteiger partial charge is 0.454 e. The van der Waals surface area contributed by atoms with Crippen molar-refractivity contribution >= 4 is 11.9 Å². The Morgan fingerprint density at radius 3 is 2.61 bits per heavy atom. The van der Waals surface area contributed by atoms with Gasteiger partial charge in [-0.15, -0.1) is 0 Å². The molecule has 1 aromatic carbocycles. The third-order valence-electron chi connectivity index (χ3n) is 3.29. The number of carbonyl (C=O) groups is 1. The standard InChI is InChI=1S/C17H22N4O2/c1-3-19-17(21-12(2)13-7-5-4-6-8-13)20-11-14-9-10-15(23-14)16(18)22/h4-10,12H,3,11H2,1-2H3,(H2,18,22)(H2,19,20,21). The van der Waals surface area contributed by atoms with Gasteiger partial charge in [-0.1, -0.05) is 30.3 Å². The fraction of sp³-hybridized carbons (Fsp3) is 0.294. The second-order valence-electron chi connectivity index (χ2n) is 5.10. The number of amides is 1. The maximum absolute atomic E-state index is 11.0. The lowest BCUT2D eigenvalue weighted by Gasteiger charge is -2.18. The molecule has 0 aliphatic carbocycles. The average Bonchev–Trinajstić information content (AvgIpc) is 3.03. The van der Waals surface area contributed by atoms with Crippen LogP contribution in [0.2, 0.25) is 0 Å². The molecule has 0 bridgehead atoms. The maximum atomic E-state index is 11.0. The van der Waals surface area contributed by atoms with Crippen molar-refractivity contribution in [3.8, 4) is 0 Å². The molecular weight excluding hydrogens is 292 g/mol. The highest BCUT2D eigenvalue weighted by Crippen LogP contribution is 2.11. The Hall–Kier alpha value is -2.76. The van der Waals surface area contributed by atoms with E-state index in [1.165, 1.54) is 5.56 Å². The number of carbonyl (C=O) groups excluding carboxylic acids is 1. The molecule has 0 saturated carbocycles. The first-order chi connectivity index (χ1) is 11.1. The second kappa shape index (κ2) is 8.03. The number of nitrogens with one attached hydrogen (secondary N) is 2. The van der Waals surface area contributed by atoms with Gasteiger partial charge in [0, 0.05) is 6.54 Å². The van der Waals surface area contributed by atoms with Gasteiger partial charge >= 0.3 is 0 Å². The van der Waals surface area contributed by atoms with Crippen molar-refractivity contribution in [1.29, 1.82) is 0 Å². The van der Waals surface area contributed by atoms with Crippen molar-refractivity contribution in [2.24, 2.45) is 10.7 Å². The second-order valence-corrected chi connectivity index (χ2v) is 5.10. The summed E-state index contributed by atoms with van der Waals surface area (Å²) >= 11 is 0. The minimum Gasteiger partial charge on any atom is -0.454 e. The zero-order chi connectivity index (χ0) is 16.7.